The summed E-state index contributed by atoms with van der Waals surface area (Å²) in [4.78, 5) is 20.9. The Hall–Kier alpha value is -2.27. The van der Waals surface area contributed by atoms with Crippen LogP contribution < -0.4 is 5.32 Å². The summed E-state index contributed by atoms with van der Waals surface area (Å²) in [7, 11) is 0. The zero-order chi connectivity index (χ0) is 15.9. The number of aromatic nitrogens is 2. The molecule has 1 aromatic carbocycles. The highest BCUT2D eigenvalue weighted by Gasteiger charge is 2.14. The zero-order valence-corrected chi connectivity index (χ0v) is 12.9. The number of nitrogens with one attached hydrogen (secondary N) is 1. The third-order valence-corrected chi connectivity index (χ3v) is 3.43. The number of rotatable bonds is 6. The van der Waals surface area contributed by atoms with Gasteiger partial charge in [0.05, 0.1) is 11.3 Å². The minimum atomic E-state index is -0.178. The molecule has 5 heteroatoms. The van der Waals surface area contributed by atoms with E-state index in [1.54, 1.807) is 13.1 Å². The van der Waals surface area contributed by atoms with Crippen LogP contribution >= 0.6 is 0 Å². The second-order valence-corrected chi connectivity index (χ2v) is 5.30. The van der Waals surface area contributed by atoms with E-state index in [-0.39, 0.29) is 18.6 Å². The Morgan fingerprint density at radius 3 is 2.68 bits per heavy atom. The van der Waals surface area contributed by atoms with Gasteiger partial charge in [0.2, 0.25) is 0 Å². The van der Waals surface area contributed by atoms with Gasteiger partial charge in [0, 0.05) is 24.4 Å². The second kappa shape index (κ2) is 7.66. The quantitative estimate of drug-likeness (QED) is 0.858. The van der Waals surface area contributed by atoms with E-state index in [0.29, 0.717) is 23.5 Å². The molecular weight excluding hydrogens is 278 g/mol. The predicted molar refractivity (Wildman–Crippen MR) is 85.5 cm³/mol. The van der Waals surface area contributed by atoms with E-state index in [0.717, 1.165) is 12.0 Å². The van der Waals surface area contributed by atoms with E-state index in [1.165, 1.54) is 0 Å². The molecule has 1 amide bonds. The fraction of sp³-hybridized carbons (Fsp3) is 0.353. The standard InChI is InChI=1S/C17H21N3O2/c1-12(7-6-10-21)19-17(22)15-11-18-16(20-13(15)2)14-8-4-3-5-9-14/h3-5,8-9,11-12,21H,6-7,10H2,1-2H3,(H,19,22). The minimum Gasteiger partial charge on any atom is -0.396 e. The average molecular weight is 299 g/mol. The van der Waals surface area contributed by atoms with Crippen LogP contribution in [0.5, 0.6) is 0 Å². The van der Waals surface area contributed by atoms with Crippen molar-refractivity contribution in [3.63, 3.8) is 0 Å². The Bertz CT molecular complexity index is 629. The van der Waals surface area contributed by atoms with Gasteiger partial charge in [-0.1, -0.05) is 30.3 Å². The van der Waals surface area contributed by atoms with Crippen molar-refractivity contribution in [2.24, 2.45) is 0 Å². The highest BCUT2D eigenvalue weighted by atomic mass is 16.3. The number of benzene rings is 1. The predicted octanol–water partition coefficient (Wildman–Crippen LogP) is 2.34. The largest absolute Gasteiger partial charge is 0.396 e. The van der Waals surface area contributed by atoms with Gasteiger partial charge in [-0.05, 0) is 26.7 Å². The summed E-state index contributed by atoms with van der Waals surface area (Å²) in [6.45, 7) is 3.86. The molecule has 5 nitrogen and oxygen atoms in total. The number of nitrogens with zero attached hydrogens (tertiary/aromatic N) is 2. The fourth-order valence-corrected chi connectivity index (χ4v) is 2.19. The van der Waals surface area contributed by atoms with Crippen molar-refractivity contribution in [3.8, 4) is 11.4 Å². The van der Waals surface area contributed by atoms with E-state index in [4.69, 9.17) is 5.11 Å². The first-order chi connectivity index (χ1) is 10.6. The maximum absolute atomic E-state index is 12.2. The van der Waals surface area contributed by atoms with Crippen molar-refractivity contribution < 1.29 is 9.90 Å². The molecule has 0 aliphatic carbocycles. The number of aryl methyl sites for hydroxylation is 1. The summed E-state index contributed by atoms with van der Waals surface area (Å²) in [5, 5.41) is 11.7. The van der Waals surface area contributed by atoms with Crippen LogP contribution in [-0.2, 0) is 0 Å². The SMILES string of the molecule is Cc1nc(-c2ccccc2)ncc1C(=O)NC(C)CCCO. The fourth-order valence-electron chi connectivity index (χ4n) is 2.19. The molecular formula is C17H21N3O2. The third kappa shape index (κ3) is 4.11. The van der Waals surface area contributed by atoms with Gasteiger partial charge in [0.1, 0.15) is 0 Å². The van der Waals surface area contributed by atoms with Gasteiger partial charge in [-0.3, -0.25) is 4.79 Å². The lowest BCUT2D eigenvalue weighted by atomic mass is 10.1. The molecule has 2 rings (SSSR count). The topological polar surface area (TPSA) is 75.1 Å². The van der Waals surface area contributed by atoms with Gasteiger partial charge in [0.25, 0.3) is 5.91 Å². The first kappa shape index (κ1) is 16.1. The van der Waals surface area contributed by atoms with Crippen molar-refractivity contribution in [2.45, 2.75) is 32.7 Å². The molecule has 2 N–H and O–H groups in total. The van der Waals surface area contributed by atoms with Gasteiger partial charge in [0.15, 0.2) is 5.82 Å². The Morgan fingerprint density at radius 1 is 1.32 bits per heavy atom. The number of carbonyl (C=O) groups excluding carboxylic acids is 1. The van der Waals surface area contributed by atoms with Gasteiger partial charge >= 0.3 is 0 Å². The molecule has 0 fully saturated rings. The van der Waals surface area contributed by atoms with Crippen LogP contribution in [0.15, 0.2) is 36.5 Å². The lowest BCUT2D eigenvalue weighted by molar-refractivity contribution is 0.0935. The molecule has 0 saturated carbocycles. The average Bonchev–Trinajstić information content (AvgIpc) is 2.53. The minimum absolute atomic E-state index is 0.00727. The summed E-state index contributed by atoms with van der Waals surface area (Å²) in [6.07, 6.45) is 2.98. The van der Waals surface area contributed by atoms with E-state index in [9.17, 15) is 4.79 Å². The van der Waals surface area contributed by atoms with Crippen LogP contribution in [0.3, 0.4) is 0 Å². The summed E-state index contributed by atoms with van der Waals surface area (Å²) < 4.78 is 0. The molecule has 22 heavy (non-hydrogen) atoms. The molecule has 0 spiro atoms. The van der Waals surface area contributed by atoms with E-state index < -0.39 is 0 Å². The summed E-state index contributed by atoms with van der Waals surface area (Å²) in [5.74, 6) is 0.436. The molecule has 0 radical (unpaired) electrons. The van der Waals surface area contributed by atoms with Crippen molar-refractivity contribution in [1.29, 1.82) is 0 Å². The number of hydrogen-bond donors (Lipinski definition) is 2. The molecule has 0 aliphatic heterocycles. The van der Waals surface area contributed by atoms with Crippen LogP contribution in [0.4, 0.5) is 0 Å². The number of aliphatic hydroxyl groups excluding tert-OH is 1. The second-order valence-electron chi connectivity index (χ2n) is 5.30. The summed E-state index contributed by atoms with van der Waals surface area (Å²) in [5.41, 5.74) is 2.06. The van der Waals surface area contributed by atoms with Gasteiger partial charge in [-0.25, -0.2) is 9.97 Å². The molecule has 1 heterocycles. The van der Waals surface area contributed by atoms with Crippen LogP contribution in [0, 0.1) is 6.92 Å². The molecule has 0 saturated heterocycles. The summed E-state index contributed by atoms with van der Waals surface area (Å²) >= 11 is 0. The van der Waals surface area contributed by atoms with Crippen molar-refractivity contribution in [3.05, 3.63) is 47.8 Å². The van der Waals surface area contributed by atoms with Crippen LogP contribution in [0.1, 0.15) is 35.8 Å². The normalized spacial score (nSPS) is 12.0. The zero-order valence-electron chi connectivity index (χ0n) is 12.9. The highest BCUT2D eigenvalue weighted by Crippen LogP contribution is 2.15. The molecule has 0 bridgehead atoms. The van der Waals surface area contributed by atoms with Crippen LogP contribution in [0.2, 0.25) is 0 Å². The number of amides is 1. The first-order valence-corrected chi connectivity index (χ1v) is 7.42. The number of aliphatic hydroxyl groups is 1. The Balaban J connectivity index is 2.11. The van der Waals surface area contributed by atoms with E-state index in [2.05, 4.69) is 15.3 Å². The lowest BCUT2D eigenvalue weighted by Gasteiger charge is -2.14. The Morgan fingerprint density at radius 2 is 2.05 bits per heavy atom. The maximum Gasteiger partial charge on any atom is 0.254 e. The lowest BCUT2D eigenvalue weighted by Crippen LogP contribution is -2.33. The third-order valence-electron chi connectivity index (χ3n) is 3.43. The van der Waals surface area contributed by atoms with Gasteiger partial charge in [-0.2, -0.15) is 0 Å². The molecule has 1 atom stereocenters. The van der Waals surface area contributed by atoms with Gasteiger partial charge in [-0.15, -0.1) is 0 Å². The smallest absolute Gasteiger partial charge is 0.254 e. The monoisotopic (exact) mass is 299 g/mol. The van der Waals surface area contributed by atoms with Crippen LogP contribution in [0.25, 0.3) is 11.4 Å². The number of carbonyl (C=O) groups is 1. The first-order valence-electron chi connectivity index (χ1n) is 7.42. The van der Waals surface area contributed by atoms with Gasteiger partial charge < -0.3 is 10.4 Å². The molecule has 2 aromatic rings. The molecule has 116 valence electrons. The van der Waals surface area contributed by atoms with Crippen molar-refractivity contribution in [2.75, 3.05) is 6.61 Å². The molecule has 0 aliphatic rings. The van der Waals surface area contributed by atoms with Crippen LogP contribution in [-0.4, -0.2) is 33.6 Å². The maximum atomic E-state index is 12.2. The molecule has 1 aromatic heterocycles. The number of hydrogen-bond acceptors (Lipinski definition) is 4. The van der Waals surface area contributed by atoms with Crippen molar-refractivity contribution in [1.82, 2.24) is 15.3 Å². The highest BCUT2D eigenvalue weighted by molar-refractivity contribution is 5.95. The summed E-state index contributed by atoms with van der Waals surface area (Å²) in [6, 6.07) is 9.67. The Labute approximate surface area is 130 Å². The van der Waals surface area contributed by atoms with E-state index >= 15 is 0 Å². The molecule has 1 unspecified atom stereocenters. The Kier molecular flexibility index (Phi) is 5.61. The van der Waals surface area contributed by atoms with Crippen molar-refractivity contribution >= 4 is 5.91 Å². The van der Waals surface area contributed by atoms with E-state index in [1.807, 2.05) is 37.3 Å².